The Morgan fingerprint density at radius 2 is 1.96 bits per heavy atom. The predicted octanol–water partition coefficient (Wildman–Crippen LogP) is 3.47. The van der Waals surface area contributed by atoms with Crippen molar-refractivity contribution in [2.75, 3.05) is 19.6 Å². The molecule has 2 aromatic rings. The summed E-state index contributed by atoms with van der Waals surface area (Å²) in [7, 11) is 0. The second kappa shape index (κ2) is 6.87. The molecule has 1 N–H and O–H groups in total. The molecule has 0 amide bonds. The molecule has 4 heterocycles. The number of aromatic amines is 1. The molecule has 1 aromatic carbocycles. The van der Waals surface area contributed by atoms with Crippen LogP contribution >= 0.6 is 11.6 Å². The number of rotatable bonds is 4. The highest BCUT2D eigenvalue weighted by Gasteiger charge is 2.35. The fourth-order valence-electron chi connectivity index (χ4n) is 4.20. The van der Waals surface area contributed by atoms with Crippen LogP contribution in [0, 0.1) is 12.8 Å². The van der Waals surface area contributed by atoms with Crippen molar-refractivity contribution < 1.29 is 0 Å². The molecule has 5 heteroatoms. The van der Waals surface area contributed by atoms with Gasteiger partial charge in [0, 0.05) is 38.8 Å². The van der Waals surface area contributed by atoms with Crippen LogP contribution in [0.1, 0.15) is 29.8 Å². The lowest BCUT2D eigenvalue weighted by atomic mass is 9.95. The number of aryl methyl sites for hydroxylation is 1. The number of piperidine rings is 1. The van der Waals surface area contributed by atoms with E-state index in [-0.39, 0.29) is 0 Å². The van der Waals surface area contributed by atoms with Crippen molar-refractivity contribution >= 4 is 11.6 Å². The van der Waals surface area contributed by atoms with E-state index in [2.05, 4.69) is 50.3 Å². The average Bonchev–Trinajstić information content (AvgIpc) is 2.77. The Morgan fingerprint density at radius 1 is 1.12 bits per heavy atom. The lowest BCUT2D eigenvalue weighted by Crippen LogP contribution is -2.43. The third-order valence-electron chi connectivity index (χ3n) is 5.45. The van der Waals surface area contributed by atoms with Crippen molar-refractivity contribution in [2.24, 2.45) is 5.92 Å². The Kier molecular flexibility index (Phi) is 4.61. The van der Waals surface area contributed by atoms with Gasteiger partial charge in [-0.05, 0) is 31.2 Å². The SMILES string of the molecule is Cc1[nH]nc(CN2C[C@H]3CC[C@@H]2CN(Cc2ccccc2)C3)c1Cl. The minimum Gasteiger partial charge on any atom is -0.297 e. The summed E-state index contributed by atoms with van der Waals surface area (Å²) in [6, 6.07) is 11.4. The van der Waals surface area contributed by atoms with Crippen LogP contribution in [0.3, 0.4) is 0 Å². The van der Waals surface area contributed by atoms with Gasteiger partial charge in [-0.1, -0.05) is 41.9 Å². The molecule has 1 aromatic heterocycles. The molecular formula is C19H25ClN4. The van der Waals surface area contributed by atoms with E-state index in [0.717, 1.165) is 48.5 Å². The first-order chi connectivity index (χ1) is 11.7. The monoisotopic (exact) mass is 344 g/mol. The lowest BCUT2D eigenvalue weighted by molar-refractivity contribution is 0.121. The van der Waals surface area contributed by atoms with Gasteiger partial charge in [-0.2, -0.15) is 5.10 Å². The fraction of sp³-hybridized carbons (Fsp3) is 0.526. The molecule has 0 spiro atoms. The zero-order valence-corrected chi connectivity index (χ0v) is 15.0. The maximum atomic E-state index is 6.38. The second-order valence-electron chi connectivity index (χ2n) is 7.32. The number of benzene rings is 1. The Morgan fingerprint density at radius 3 is 2.71 bits per heavy atom. The summed E-state index contributed by atoms with van der Waals surface area (Å²) >= 11 is 6.38. The normalized spacial score (nSPS) is 25.1. The number of nitrogens with zero attached hydrogens (tertiary/aromatic N) is 3. The number of hydrogen-bond acceptors (Lipinski definition) is 3. The van der Waals surface area contributed by atoms with Crippen molar-refractivity contribution in [1.29, 1.82) is 0 Å². The van der Waals surface area contributed by atoms with Crippen LogP contribution in [-0.4, -0.2) is 45.7 Å². The van der Waals surface area contributed by atoms with Crippen LogP contribution in [0.25, 0.3) is 0 Å². The standard InChI is InChI=1S/C19H25ClN4/c1-14-19(20)18(22-21-14)13-24-11-16-7-8-17(24)12-23(10-16)9-15-5-3-2-4-6-15/h2-6,16-17H,7-13H2,1H3,(H,21,22)/t16-,17+/m0/s1. The fourth-order valence-corrected chi connectivity index (χ4v) is 4.35. The molecule has 0 aliphatic carbocycles. The summed E-state index contributed by atoms with van der Waals surface area (Å²) in [5.74, 6) is 0.756. The number of H-pyrrole nitrogens is 1. The molecule has 2 atom stereocenters. The van der Waals surface area contributed by atoms with Crippen molar-refractivity contribution in [3.8, 4) is 0 Å². The van der Waals surface area contributed by atoms with Gasteiger partial charge in [-0.3, -0.25) is 14.9 Å². The van der Waals surface area contributed by atoms with Crippen molar-refractivity contribution in [3.63, 3.8) is 0 Å². The van der Waals surface area contributed by atoms with E-state index >= 15 is 0 Å². The lowest BCUT2D eigenvalue weighted by Gasteiger charge is -2.35. The smallest absolute Gasteiger partial charge is 0.0951 e. The summed E-state index contributed by atoms with van der Waals surface area (Å²) in [6.07, 6.45) is 2.64. The van der Waals surface area contributed by atoms with Crippen LogP contribution in [-0.2, 0) is 13.1 Å². The minimum absolute atomic E-state index is 0.612. The Balaban J connectivity index is 1.45. The van der Waals surface area contributed by atoms with E-state index < -0.39 is 0 Å². The minimum atomic E-state index is 0.612. The molecule has 24 heavy (non-hydrogen) atoms. The van der Waals surface area contributed by atoms with Gasteiger partial charge in [0.2, 0.25) is 0 Å². The molecule has 5 rings (SSSR count). The first kappa shape index (κ1) is 16.1. The largest absolute Gasteiger partial charge is 0.297 e. The van der Waals surface area contributed by atoms with Gasteiger partial charge in [0.15, 0.2) is 0 Å². The summed E-state index contributed by atoms with van der Waals surface area (Å²) in [5, 5.41) is 8.21. The molecule has 3 aliphatic rings. The molecule has 3 fully saturated rings. The van der Waals surface area contributed by atoms with Gasteiger partial charge < -0.3 is 0 Å². The summed E-state index contributed by atoms with van der Waals surface area (Å²) < 4.78 is 0. The maximum Gasteiger partial charge on any atom is 0.0951 e. The number of aromatic nitrogens is 2. The van der Waals surface area contributed by atoms with Crippen LogP contribution in [0.5, 0.6) is 0 Å². The molecule has 0 saturated carbocycles. The van der Waals surface area contributed by atoms with Gasteiger partial charge in [0.25, 0.3) is 0 Å². The predicted molar refractivity (Wildman–Crippen MR) is 97.0 cm³/mol. The molecule has 3 aliphatic heterocycles. The zero-order chi connectivity index (χ0) is 16.5. The number of hydrogen-bond donors (Lipinski definition) is 1. The van der Waals surface area contributed by atoms with Gasteiger partial charge in [-0.15, -0.1) is 0 Å². The molecular weight excluding hydrogens is 320 g/mol. The van der Waals surface area contributed by atoms with E-state index in [1.54, 1.807) is 0 Å². The van der Waals surface area contributed by atoms with E-state index in [9.17, 15) is 0 Å². The van der Waals surface area contributed by atoms with Crippen LogP contribution in [0.4, 0.5) is 0 Å². The Bertz CT molecular complexity index is 684. The van der Waals surface area contributed by atoms with E-state index in [4.69, 9.17) is 11.6 Å². The van der Waals surface area contributed by atoms with Gasteiger partial charge in [0.1, 0.15) is 0 Å². The average molecular weight is 345 g/mol. The third kappa shape index (κ3) is 3.37. The highest BCUT2D eigenvalue weighted by Crippen LogP contribution is 2.31. The molecule has 128 valence electrons. The summed E-state index contributed by atoms with van der Waals surface area (Å²) in [5.41, 5.74) is 3.38. The first-order valence-electron chi connectivity index (χ1n) is 8.88. The van der Waals surface area contributed by atoms with Gasteiger partial charge >= 0.3 is 0 Å². The summed E-state index contributed by atoms with van der Waals surface area (Å²) in [6.45, 7) is 7.42. The Hall–Kier alpha value is -1.36. The first-order valence-corrected chi connectivity index (χ1v) is 9.26. The highest BCUT2D eigenvalue weighted by atomic mass is 35.5. The van der Waals surface area contributed by atoms with Crippen molar-refractivity contribution in [3.05, 3.63) is 52.3 Å². The van der Waals surface area contributed by atoms with Crippen molar-refractivity contribution in [2.45, 2.75) is 38.9 Å². The third-order valence-corrected chi connectivity index (χ3v) is 5.95. The number of nitrogens with one attached hydrogen (secondary N) is 1. The maximum absolute atomic E-state index is 6.38. The molecule has 2 bridgehead atoms. The molecule has 0 unspecified atom stereocenters. The number of halogens is 1. The van der Waals surface area contributed by atoms with Crippen molar-refractivity contribution in [1.82, 2.24) is 20.0 Å². The highest BCUT2D eigenvalue weighted by molar-refractivity contribution is 6.31. The summed E-state index contributed by atoms with van der Waals surface area (Å²) in [4.78, 5) is 5.23. The van der Waals surface area contributed by atoms with Gasteiger partial charge in [0.05, 0.1) is 16.4 Å². The Labute approximate surface area is 148 Å². The quantitative estimate of drug-likeness (QED) is 0.922. The second-order valence-corrected chi connectivity index (χ2v) is 7.69. The number of fused-ring (bicyclic) bond motifs is 4. The molecule has 3 saturated heterocycles. The van der Waals surface area contributed by atoms with E-state index in [0.29, 0.717) is 6.04 Å². The van der Waals surface area contributed by atoms with Gasteiger partial charge in [-0.25, -0.2) is 0 Å². The topological polar surface area (TPSA) is 35.2 Å². The van der Waals surface area contributed by atoms with Crippen LogP contribution in [0.2, 0.25) is 5.02 Å². The van der Waals surface area contributed by atoms with Crippen LogP contribution < -0.4 is 0 Å². The van der Waals surface area contributed by atoms with E-state index in [1.807, 2.05) is 6.92 Å². The molecule has 0 radical (unpaired) electrons. The zero-order valence-electron chi connectivity index (χ0n) is 14.2. The molecule has 4 nitrogen and oxygen atoms in total. The van der Waals surface area contributed by atoms with E-state index in [1.165, 1.54) is 24.9 Å². The van der Waals surface area contributed by atoms with Crippen LogP contribution in [0.15, 0.2) is 30.3 Å².